The van der Waals surface area contributed by atoms with E-state index in [0.717, 1.165) is 12.8 Å². The average molecular weight is 261 g/mol. The van der Waals surface area contributed by atoms with Crippen molar-refractivity contribution in [1.29, 1.82) is 0 Å². The van der Waals surface area contributed by atoms with Gasteiger partial charge in [0.1, 0.15) is 0 Å². The van der Waals surface area contributed by atoms with Gasteiger partial charge >= 0.3 is 0 Å². The lowest BCUT2D eigenvalue weighted by Crippen LogP contribution is -2.46. The summed E-state index contributed by atoms with van der Waals surface area (Å²) in [6, 6.07) is 6.89. The highest BCUT2D eigenvalue weighted by Crippen LogP contribution is 2.42. The van der Waals surface area contributed by atoms with Gasteiger partial charge in [-0.1, -0.05) is 37.5 Å². The zero-order chi connectivity index (χ0) is 13.9. The molecule has 2 rings (SSSR count). The maximum absolute atomic E-state index is 6.02. The first-order chi connectivity index (χ1) is 9.14. The molecule has 0 aliphatic heterocycles. The Bertz CT molecular complexity index is 421. The highest BCUT2D eigenvalue weighted by Gasteiger charge is 2.40. The van der Waals surface area contributed by atoms with E-state index in [9.17, 15) is 0 Å². The van der Waals surface area contributed by atoms with Crippen LogP contribution in [-0.2, 0) is 4.74 Å². The molecule has 0 amide bonds. The average Bonchev–Trinajstić information content (AvgIpc) is 2.45. The van der Waals surface area contributed by atoms with Crippen LogP contribution in [0.3, 0.4) is 0 Å². The van der Waals surface area contributed by atoms with Crippen LogP contribution in [0.1, 0.15) is 54.8 Å². The highest BCUT2D eigenvalue weighted by molar-refractivity contribution is 5.37. The van der Waals surface area contributed by atoms with Crippen LogP contribution in [0, 0.1) is 13.8 Å². The molecular weight excluding hydrogens is 234 g/mol. The molecule has 0 radical (unpaired) electrons. The first kappa shape index (κ1) is 14.5. The van der Waals surface area contributed by atoms with Crippen LogP contribution >= 0.6 is 0 Å². The Kier molecular flexibility index (Phi) is 4.64. The van der Waals surface area contributed by atoms with E-state index < -0.39 is 0 Å². The van der Waals surface area contributed by atoms with Crippen molar-refractivity contribution in [1.82, 2.24) is 5.32 Å². The second-order valence-corrected chi connectivity index (χ2v) is 5.84. The number of hydrogen-bond donors (Lipinski definition) is 1. The first-order valence-electron chi connectivity index (χ1n) is 7.43. The van der Waals surface area contributed by atoms with Gasteiger partial charge in [0.2, 0.25) is 0 Å². The molecule has 2 heteroatoms. The zero-order valence-corrected chi connectivity index (χ0v) is 12.8. The summed E-state index contributed by atoms with van der Waals surface area (Å²) < 4.78 is 6.02. The molecule has 1 aromatic rings. The van der Waals surface area contributed by atoms with E-state index in [-0.39, 0.29) is 11.6 Å². The minimum Gasteiger partial charge on any atom is -0.376 e. The van der Waals surface area contributed by atoms with Crippen molar-refractivity contribution in [2.24, 2.45) is 0 Å². The normalized spacial score (nSPS) is 20.2. The number of aryl methyl sites for hydroxylation is 1. The van der Waals surface area contributed by atoms with Crippen LogP contribution < -0.4 is 5.32 Å². The molecule has 1 atom stereocenters. The summed E-state index contributed by atoms with van der Waals surface area (Å²) in [4.78, 5) is 0. The van der Waals surface area contributed by atoms with Gasteiger partial charge in [-0.25, -0.2) is 0 Å². The minimum absolute atomic E-state index is 0.0362. The predicted octanol–water partition coefficient (Wildman–Crippen LogP) is 3.91. The van der Waals surface area contributed by atoms with Crippen molar-refractivity contribution in [3.63, 3.8) is 0 Å². The number of benzene rings is 1. The molecule has 0 aromatic heterocycles. The maximum atomic E-state index is 6.02. The lowest BCUT2D eigenvalue weighted by atomic mass is 9.75. The lowest BCUT2D eigenvalue weighted by molar-refractivity contribution is -0.0672. The SMILES string of the molecule is CNC(c1cccc(C)c1C)C1(OC)CCCCC1. The van der Waals surface area contributed by atoms with Crippen LogP contribution in [-0.4, -0.2) is 19.8 Å². The van der Waals surface area contributed by atoms with Crippen LogP contribution in [0.5, 0.6) is 0 Å². The van der Waals surface area contributed by atoms with E-state index in [1.54, 1.807) is 0 Å². The largest absolute Gasteiger partial charge is 0.376 e. The molecule has 0 saturated heterocycles. The van der Waals surface area contributed by atoms with Gasteiger partial charge in [0.25, 0.3) is 0 Å². The number of nitrogens with one attached hydrogen (secondary N) is 1. The summed E-state index contributed by atoms with van der Waals surface area (Å²) in [6.45, 7) is 4.41. The first-order valence-corrected chi connectivity index (χ1v) is 7.43. The molecule has 0 heterocycles. The van der Waals surface area contributed by atoms with E-state index >= 15 is 0 Å². The second-order valence-electron chi connectivity index (χ2n) is 5.84. The van der Waals surface area contributed by atoms with Crippen molar-refractivity contribution in [2.45, 2.75) is 57.6 Å². The molecule has 1 saturated carbocycles. The summed E-state index contributed by atoms with van der Waals surface area (Å²) in [6.07, 6.45) is 6.20. The quantitative estimate of drug-likeness (QED) is 0.887. The van der Waals surface area contributed by atoms with Crippen LogP contribution in [0.25, 0.3) is 0 Å². The molecule has 1 aliphatic rings. The van der Waals surface area contributed by atoms with Gasteiger partial charge in [0, 0.05) is 7.11 Å². The third-order valence-electron chi connectivity index (χ3n) is 4.88. The van der Waals surface area contributed by atoms with Gasteiger partial charge in [-0.15, -0.1) is 0 Å². The van der Waals surface area contributed by atoms with Gasteiger partial charge < -0.3 is 10.1 Å². The number of rotatable bonds is 4. The maximum Gasteiger partial charge on any atom is 0.0872 e. The molecule has 1 N–H and O–H groups in total. The molecule has 1 unspecified atom stereocenters. The summed E-state index contributed by atoms with van der Waals surface area (Å²) >= 11 is 0. The van der Waals surface area contributed by atoms with Crippen molar-refractivity contribution >= 4 is 0 Å². The van der Waals surface area contributed by atoms with E-state index in [0.29, 0.717) is 0 Å². The smallest absolute Gasteiger partial charge is 0.0872 e. The Balaban J connectivity index is 2.40. The zero-order valence-electron chi connectivity index (χ0n) is 12.8. The van der Waals surface area contributed by atoms with Crippen molar-refractivity contribution in [2.75, 3.05) is 14.2 Å². The van der Waals surface area contributed by atoms with Crippen molar-refractivity contribution in [3.8, 4) is 0 Å². The summed E-state index contributed by atoms with van der Waals surface area (Å²) in [5.74, 6) is 0. The van der Waals surface area contributed by atoms with Gasteiger partial charge in [0.05, 0.1) is 11.6 Å². The number of ether oxygens (including phenoxy) is 1. The molecule has 1 fully saturated rings. The Morgan fingerprint density at radius 1 is 1.16 bits per heavy atom. The molecule has 0 spiro atoms. The van der Waals surface area contributed by atoms with Gasteiger partial charge in [-0.05, 0) is 50.4 Å². The fraction of sp³-hybridized carbons (Fsp3) is 0.647. The summed E-state index contributed by atoms with van der Waals surface area (Å²) in [5, 5.41) is 3.52. The number of methoxy groups -OCH3 is 1. The Hall–Kier alpha value is -0.860. The molecule has 2 nitrogen and oxygen atoms in total. The fourth-order valence-corrected chi connectivity index (χ4v) is 3.55. The fourth-order valence-electron chi connectivity index (χ4n) is 3.55. The highest BCUT2D eigenvalue weighted by atomic mass is 16.5. The number of hydrogen-bond acceptors (Lipinski definition) is 2. The van der Waals surface area contributed by atoms with Crippen molar-refractivity contribution in [3.05, 3.63) is 34.9 Å². The molecule has 1 aliphatic carbocycles. The number of likely N-dealkylation sites (N-methyl/N-ethyl adjacent to an activating group) is 1. The predicted molar refractivity (Wildman–Crippen MR) is 80.5 cm³/mol. The second kappa shape index (κ2) is 6.06. The molecule has 19 heavy (non-hydrogen) atoms. The van der Waals surface area contributed by atoms with E-state index in [2.05, 4.69) is 44.4 Å². The van der Waals surface area contributed by atoms with Crippen LogP contribution in [0.4, 0.5) is 0 Å². The van der Waals surface area contributed by atoms with Crippen LogP contribution in [0.2, 0.25) is 0 Å². The minimum atomic E-state index is -0.0362. The lowest BCUT2D eigenvalue weighted by Gasteiger charge is -2.43. The Morgan fingerprint density at radius 2 is 1.84 bits per heavy atom. The van der Waals surface area contributed by atoms with Crippen LogP contribution in [0.15, 0.2) is 18.2 Å². The van der Waals surface area contributed by atoms with Gasteiger partial charge in [-0.3, -0.25) is 0 Å². The molecule has 106 valence electrons. The van der Waals surface area contributed by atoms with Crippen molar-refractivity contribution < 1.29 is 4.74 Å². The van der Waals surface area contributed by atoms with Gasteiger partial charge in [0.15, 0.2) is 0 Å². The third kappa shape index (κ3) is 2.70. The molecular formula is C17H27NO. The van der Waals surface area contributed by atoms with E-state index in [1.807, 2.05) is 7.11 Å². The summed E-state index contributed by atoms with van der Waals surface area (Å²) in [5.41, 5.74) is 4.11. The van der Waals surface area contributed by atoms with Gasteiger partial charge in [-0.2, -0.15) is 0 Å². The third-order valence-corrected chi connectivity index (χ3v) is 4.88. The Morgan fingerprint density at radius 3 is 2.42 bits per heavy atom. The van der Waals surface area contributed by atoms with E-state index in [1.165, 1.54) is 36.0 Å². The summed E-state index contributed by atoms with van der Waals surface area (Å²) in [7, 11) is 3.93. The molecule has 0 bridgehead atoms. The van der Waals surface area contributed by atoms with E-state index in [4.69, 9.17) is 4.74 Å². The Labute approximate surface area is 117 Å². The molecule has 1 aromatic carbocycles. The standard InChI is InChI=1S/C17H27NO/c1-13-9-8-10-15(14(13)2)16(18-3)17(19-4)11-6-5-7-12-17/h8-10,16,18H,5-7,11-12H2,1-4H3. The topological polar surface area (TPSA) is 21.3 Å². The monoisotopic (exact) mass is 261 g/mol.